The Hall–Kier alpha value is -14.7. The molecule has 0 N–H and O–H groups in total. The molecule has 19 aromatic carbocycles. The number of hydrogen-bond donors (Lipinski definition) is 0. The van der Waals surface area contributed by atoms with Crippen molar-refractivity contribution in [3.05, 3.63) is 413 Å². The van der Waals surface area contributed by atoms with Gasteiger partial charge in [-0.3, -0.25) is 0 Å². The van der Waals surface area contributed by atoms with Crippen LogP contribution in [0.4, 0.5) is 34.1 Å². The fraction of sp³-hybridized carbons (Fsp3) is 0. The molecule has 23 aromatic rings. The molecule has 0 bridgehead atoms. The van der Waals surface area contributed by atoms with Crippen LogP contribution in [0.3, 0.4) is 0 Å². The number of nitrogens with zero attached hydrogens (tertiary/aromatic N) is 2. The number of fused-ring (bicyclic) bond motifs is 16. The lowest BCUT2D eigenvalue weighted by molar-refractivity contribution is 0.672. The van der Waals surface area contributed by atoms with Gasteiger partial charge in [-0.2, -0.15) is 0 Å². The van der Waals surface area contributed by atoms with Crippen LogP contribution in [-0.4, -0.2) is 0 Å². The molecular formula is C110H68N2O2S2. The molecule has 0 aliphatic heterocycles. The van der Waals surface area contributed by atoms with Crippen LogP contribution in [0, 0.1) is 0 Å². The molecule has 116 heavy (non-hydrogen) atoms. The van der Waals surface area contributed by atoms with Gasteiger partial charge in [0.2, 0.25) is 0 Å². The van der Waals surface area contributed by atoms with E-state index >= 15 is 0 Å². The summed E-state index contributed by atoms with van der Waals surface area (Å²) in [4.78, 5) is 4.75. The maximum atomic E-state index is 7.35. The zero-order valence-corrected chi connectivity index (χ0v) is 64.4. The number of rotatable bonds is 14. The largest absolute Gasteiger partial charge is 0.455 e. The predicted molar refractivity (Wildman–Crippen MR) is 495 cm³/mol. The van der Waals surface area contributed by atoms with Crippen LogP contribution in [0.1, 0.15) is 0 Å². The van der Waals surface area contributed by atoms with Crippen molar-refractivity contribution in [2.45, 2.75) is 0 Å². The van der Waals surface area contributed by atoms with Crippen molar-refractivity contribution in [3.8, 4) is 89.0 Å². The third-order valence-corrected chi connectivity index (χ3v) is 25.8. The lowest BCUT2D eigenvalue weighted by atomic mass is 9.93. The fourth-order valence-electron chi connectivity index (χ4n) is 17.9. The van der Waals surface area contributed by atoms with Gasteiger partial charge in [0.25, 0.3) is 0 Å². The van der Waals surface area contributed by atoms with Crippen molar-refractivity contribution in [1.29, 1.82) is 0 Å². The highest BCUT2D eigenvalue weighted by Gasteiger charge is 2.24. The highest BCUT2D eigenvalue weighted by Crippen LogP contribution is 2.50. The molecule has 0 unspecified atom stereocenters. The fourth-order valence-corrected chi connectivity index (χ4v) is 20.2. The van der Waals surface area contributed by atoms with E-state index in [1.165, 1.54) is 90.2 Å². The maximum absolute atomic E-state index is 7.35. The Labute approximate surface area is 677 Å². The highest BCUT2D eigenvalue weighted by molar-refractivity contribution is 7.26. The summed E-state index contributed by atoms with van der Waals surface area (Å²) in [5.74, 6) is 0. The molecule has 4 nitrogen and oxygen atoms in total. The standard InChI is InChI=1S/C110H68N2O2S2/c1-3-17-69(18-4-1)71-35-50-82(51-36-71)111(84-54-39-75(40-55-84)88-28-14-31-99-104(88)97-63-47-73-21-7-9-25-92(73)108(97)113-99)85-58-43-77(44-59-85)90-30-16-34-102-106(90)96-62-49-81(68-103(96)116-102)94-66-65-91(107-98-64-48-74-22-8-10-26-93(74)109(98)114-110(94)107)78-45-60-87(61-46-78)112(83-52-37-72(38-53-83)80-24-13-23-79(67-80)70-19-5-2-6-20-70)86-56-41-76(42-57-86)89-29-15-33-101-105(89)95-27-11-12-32-100(95)115-101/h1-68H. The van der Waals surface area contributed by atoms with Crippen molar-refractivity contribution in [1.82, 2.24) is 0 Å². The summed E-state index contributed by atoms with van der Waals surface area (Å²) in [7, 11) is 0. The number of thiophene rings is 2. The normalized spacial score (nSPS) is 11.8. The monoisotopic (exact) mass is 1510 g/mol. The number of benzene rings is 19. The molecular weight excluding hydrogens is 1450 g/mol. The summed E-state index contributed by atoms with van der Waals surface area (Å²) in [6.07, 6.45) is 0. The first-order chi connectivity index (χ1) is 57.5. The van der Waals surface area contributed by atoms with Crippen LogP contribution < -0.4 is 9.80 Å². The highest BCUT2D eigenvalue weighted by atomic mass is 32.1. The van der Waals surface area contributed by atoms with E-state index in [1.807, 2.05) is 22.7 Å². The summed E-state index contributed by atoms with van der Waals surface area (Å²) in [6.45, 7) is 0. The zero-order valence-electron chi connectivity index (χ0n) is 62.8. The van der Waals surface area contributed by atoms with Crippen molar-refractivity contribution >= 4 is 163 Å². The van der Waals surface area contributed by atoms with Gasteiger partial charge in [0.15, 0.2) is 0 Å². The topological polar surface area (TPSA) is 32.8 Å². The summed E-state index contributed by atoms with van der Waals surface area (Å²) in [5, 5.41) is 14.0. The van der Waals surface area contributed by atoms with Crippen LogP contribution in [0.2, 0.25) is 0 Å². The zero-order chi connectivity index (χ0) is 76.3. The van der Waals surface area contributed by atoms with Crippen LogP contribution in [0.15, 0.2) is 421 Å². The number of anilines is 6. The molecule has 23 rings (SSSR count). The second-order valence-corrected chi connectivity index (χ2v) is 32.3. The Morgan fingerprint density at radius 1 is 0.172 bits per heavy atom. The molecule has 0 saturated carbocycles. The minimum atomic E-state index is 0.869. The van der Waals surface area contributed by atoms with Crippen LogP contribution in [-0.2, 0) is 0 Å². The molecule has 0 amide bonds. The van der Waals surface area contributed by atoms with Gasteiger partial charge in [-0.25, -0.2) is 0 Å². The lowest BCUT2D eigenvalue weighted by Gasteiger charge is -2.26. The van der Waals surface area contributed by atoms with Gasteiger partial charge in [0.1, 0.15) is 22.3 Å². The maximum Gasteiger partial charge on any atom is 0.143 e. The van der Waals surface area contributed by atoms with Gasteiger partial charge in [-0.1, -0.05) is 285 Å². The number of hydrogen-bond acceptors (Lipinski definition) is 6. The van der Waals surface area contributed by atoms with E-state index in [2.05, 4.69) is 422 Å². The van der Waals surface area contributed by atoms with Crippen molar-refractivity contribution in [2.24, 2.45) is 0 Å². The molecule has 0 saturated heterocycles. The summed E-state index contributed by atoms with van der Waals surface area (Å²) in [6, 6.07) is 151. The minimum Gasteiger partial charge on any atom is -0.455 e. The first-order valence-corrected chi connectivity index (χ1v) is 41.1. The SMILES string of the molecule is c1ccc(-c2ccc(N(c3ccc(-c4cccc5oc6c7ccccc7ccc6c45)cc3)c3ccc(-c4cccc5sc6cc(-c7ccc(-c8ccc(N(c9ccc(-c%10cccc(-c%11ccccc%11)c%10)cc9)c9ccc(-c%10cccc%11sc%12ccccc%12c%10%11)cc9)cc8)c8c7oc7c9ccccc9ccc78)ccc6c45)cc3)cc2)cc1. The average Bonchev–Trinajstić information content (AvgIpc) is 1.62. The first-order valence-electron chi connectivity index (χ1n) is 39.5. The second-order valence-electron chi connectivity index (χ2n) is 30.1. The van der Waals surface area contributed by atoms with Gasteiger partial charge in [0, 0.05) is 112 Å². The third-order valence-electron chi connectivity index (χ3n) is 23.5. The van der Waals surface area contributed by atoms with E-state index in [9.17, 15) is 0 Å². The molecule has 0 fully saturated rings. The summed E-state index contributed by atoms with van der Waals surface area (Å²) < 4.78 is 19.0. The Bertz CT molecular complexity index is 7770. The van der Waals surface area contributed by atoms with Crippen molar-refractivity contribution in [2.75, 3.05) is 9.80 Å². The Morgan fingerprint density at radius 3 is 1.04 bits per heavy atom. The van der Waals surface area contributed by atoms with E-state index in [1.54, 1.807) is 0 Å². The Kier molecular flexibility index (Phi) is 16.0. The summed E-state index contributed by atoms with van der Waals surface area (Å²) in [5.41, 5.74) is 28.4. The van der Waals surface area contributed by atoms with Gasteiger partial charge >= 0.3 is 0 Å². The van der Waals surface area contributed by atoms with Crippen LogP contribution >= 0.6 is 22.7 Å². The van der Waals surface area contributed by atoms with Gasteiger partial charge < -0.3 is 18.6 Å². The van der Waals surface area contributed by atoms with Crippen molar-refractivity contribution < 1.29 is 8.83 Å². The van der Waals surface area contributed by atoms with Gasteiger partial charge in [-0.05, 0) is 222 Å². The molecule has 0 aliphatic rings. The van der Waals surface area contributed by atoms with Crippen LogP contribution in [0.25, 0.3) is 195 Å². The second kappa shape index (κ2) is 27.6. The lowest BCUT2D eigenvalue weighted by Crippen LogP contribution is -2.09. The molecule has 0 atom stereocenters. The Morgan fingerprint density at radius 2 is 0.517 bits per heavy atom. The molecule has 0 radical (unpaired) electrons. The number of furan rings is 2. The predicted octanol–water partition coefficient (Wildman–Crippen LogP) is 32.8. The third kappa shape index (κ3) is 11.4. The molecule has 0 aliphatic carbocycles. The smallest absolute Gasteiger partial charge is 0.143 e. The summed E-state index contributed by atoms with van der Waals surface area (Å²) >= 11 is 3.70. The van der Waals surface area contributed by atoms with E-state index in [0.29, 0.717) is 0 Å². The Balaban J connectivity index is 0.591. The van der Waals surface area contributed by atoms with Crippen molar-refractivity contribution in [3.63, 3.8) is 0 Å². The quantitative estimate of drug-likeness (QED) is 0.109. The van der Waals surface area contributed by atoms with E-state index in [4.69, 9.17) is 8.83 Å². The molecule has 6 heteroatoms. The minimum absolute atomic E-state index is 0.869. The van der Waals surface area contributed by atoms with Gasteiger partial charge in [0.05, 0.1) is 0 Å². The average molecular weight is 1510 g/mol. The molecule has 542 valence electrons. The molecule has 4 heterocycles. The van der Waals surface area contributed by atoms with Crippen LogP contribution in [0.5, 0.6) is 0 Å². The molecule has 4 aromatic heterocycles. The van der Waals surface area contributed by atoms with E-state index < -0.39 is 0 Å². The van der Waals surface area contributed by atoms with E-state index in [-0.39, 0.29) is 0 Å². The molecule has 0 spiro atoms. The first kappa shape index (κ1) is 67.1. The van der Waals surface area contributed by atoms with E-state index in [0.717, 1.165) is 139 Å². The van der Waals surface area contributed by atoms with Gasteiger partial charge in [-0.15, -0.1) is 22.7 Å².